The summed E-state index contributed by atoms with van der Waals surface area (Å²) >= 11 is 0. The van der Waals surface area contributed by atoms with E-state index in [0.717, 1.165) is 39.2 Å². The van der Waals surface area contributed by atoms with Crippen molar-refractivity contribution in [2.75, 3.05) is 26.4 Å². The maximum absolute atomic E-state index is 5.80. The molecule has 15 heavy (non-hydrogen) atoms. The minimum absolute atomic E-state index is 0.557. The van der Waals surface area contributed by atoms with Crippen LogP contribution in [0.4, 0.5) is 0 Å². The van der Waals surface area contributed by atoms with Crippen molar-refractivity contribution in [3.63, 3.8) is 0 Å². The van der Waals surface area contributed by atoms with E-state index < -0.39 is 0 Å². The molecule has 0 unspecified atom stereocenters. The molecule has 0 spiro atoms. The third kappa shape index (κ3) is 4.09. The summed E-state index contributed by atoms with van der Waals surface area (Å²) in [6.07, 6.45) is 8.14. The zero-order valence-electron chi connectivity index (χ0n) is 9.54. The molecule has 0 aromatic carbocycles. The second-order valence-corrected chi connectivity index (χ2v) is 4.62. The third-order valence-corrected chi connectivity index (χ3v) is 3.41. The summed E-state index contributed by atoms with van der Waals surface area (Å²) in [4.78, 5) is 0. The average molecular weight is 213 g/mol. The van der Waals surface area contributed by atoms with Crippen molar-refractivity contribution in [2.24, 2.45) is 0 Å². The first kappa shape index (κ1) is 11.4. The first-order chi connectivity index (χ1) is 7.45. The van der Waals surface area contributed by atoms with Crippen LogP contribution in [0.15, 0.2) is 0 Å². The highest BCUT2D eigenvalue weighted by atomic mass is 16.5. The summed E-state index contributed by atoms with van der Waals surface area (Å²) in [5, 5.41) is 3.54. The Morgan fingerprint density at radius 2 is 1.80 bits per heavy atom. The molecule has 1 saturated heterocycles. The highest BCUT2D eigenvalue weighted by Gasteiger charge is 2.16. The van der Waals surface area contributed by atoms with E-state index in [-0.39, 0.29) is 0 Å². The van der Waals surface area contributed by atoms with Crippen LogP contribution in [0.3, 0.4) is 0 Å². The Morgan fingerprint density at radius 3 is 2.53 bits per heavy atom. The topological polar surface area (TPSA) is 30.5 Å². The minimum Gasteiger partial charge on any atom is -0.381 e. The molecule has 1 heterocycles. The molecule has 88 valence electrons. The van der Waals surface area contributed by atoms with Gasteiger partial charge in [-0.15, -0.1) is 0 Å². The molecule has 2 aliphatic rings. The SMILES string of the molecule is C1CCC(OCCNC2CCOCC2)C1. The molecule has 1 aliphatic heterocycles. The molecule has 0 bridgehead atoms. The summed E-state index contributed by atoms with van der Waals surface area (Å²) in [7, 11) is 0. The van der Waals surface area contributed by atoms with Crippen LogP contribution in [-0.4, -0.2) is 38.5 Å². The molecule has 1 saturated carbocycles. The molecule has 0 aromatic rings. The second-order valence-electron chi connectivity index (χ2n) is 4.62. The molecule has 0 radical (unpaired) electrons. The quantitative estimate of drug-likeness (QED) is 0.705. The van der Waals surface area contributed by atoms with E-state index in [1.807, 2.05) is 0 Å². The minimum atomic E-state index is 0.557. The summed E-state index contributed by atoms with van der Waals surface area (Å²) < 4.78 is 11.1. The molecule has 2 rings (SSSR count). The van der Waals surface area contributed by atoms with Crippen molar-refractivity contribution in [1.82, 2.24) is 5.32 Å². The fraction of sp³-hybridized carbons (Fsp3) is 1.00. The van der Waals surface area contributed by atoms with Gasteiger partial charge in [0.25, 0.3) is 0 Å². The summed E-state index contributed by atoms with van der Waals surface area (Å²) in [5.41, 5.74) is 0. The van der Waals surface area contributed by atoms with Gasteiger partial charge in [0.1, 0.15) is 0 Å². The van der Waals surface area contributed by atoms with Crippen LogP contribution in [-0.2, 0) is 9.47 Å². The molecule has 3 heteroatoms. The molecule has 1 N–H and O–H groups in total. The fourth-order valence-electron chi connectivity index (χ4n) is 2.45. The van der Waals surface area contributed by atoms with Crippen molar-refractivity contribution in [3.8, 4) is 0 Å². The zero-order chi connectivity index (χ0) is 10.3. The Bertz CT molecular complexity index is 163. The normalized spacial score (nSPS) is 24.8. The first-order valence-corrected chi connectivity index (χ1v) is 6.38. The third-order valence-electron chi connectivity index (χ3n) is 3.41. The number of rotatable bonds is 5. The lowest BCUT2D eigenvalue weighted by molar-refractivity contribution is 0.0499. The zero-order valence-corrected chi connectivity index (χ0v) is 9.54. The van der Waals surface area contributed by atoms with Crippen LogP contribution < -0.4 is 5.32 Å². The van der Waals surface area contributed by atoms with Crippen LogP contribution in [0.25, 0.3) is 0 Å². The van der Waals surface area contributed by atoms with Crippen molar-refractivity contribution in [3.05, 3.63) is 0 Å². The van der Waals surface area contributed by atoms with E-state index in [1.165, 1.54) is 25.7 Å². The summed E-state index contributed by atoms with van der Waals surface area (Å²) in [6.45, 7) is 3.71. The van der Waals surface area contributed by atoms with E-state index in [2.05, 4.69) is 5.32 Å². The maximum atomic E-state index is 5.80. The van der Waals surface area contributed by atoms with Gasteiger partial charge in [0.2, 0.25) is 0 Å². The lowest BCUT2D eigenvalue weighted by atomic mass is 10.1. The molecule has 3 nitrogen and oxygen atoms in total. The molecule has 2 fully saturated rings. The van der Waals surface area contributed by atoms with Crippen molar-refractivity contribution in [1.29, 1.82) is 0 Å². The van der Waals surface area contributed by atoms with Crippen LogP contribution >= 0.6 is 0 Å². The predicted octanol–water partition coefficient (Wildman–Crippen LogP) is 1.71. The van der Waals surface area contributed by atoms with Crippen molar-refractivity contribution in [2.45, 2.75) is 50.7 Å². The summed E-state index contributed by atoms with van der Waals surface area (Å²) in [6, 6.07) is 0.658. The van der Waals surface area contributed by atoms with Gasteiger partial charge < -0.3 is 14.8 Å². The number of hydrogen-bond acceptors (Lipinski definition) is 3. The highest BCUT2D eigenvalue weighted by Crippen LogP contribution is 2.20. The van der Waals surface area contributed by atoms with Gasteiger partial charge in [-0.05, 0) is 25.7 Å². The molecular formula is C12H23NO2. The molecule has 0 atom stereocenters. The fourth-order valence-corrected chi connectivity index (χ4v) is 2.45. The van der Waals surface area contributed by atoms with Crippen LogP contribution in [0, 0.1) is 0 Å². The molecule has 0 aromatic heterocycles. The van der Waals surface area contributed by atoms with Gasteiger partial charge in [0.05, 0.1) is 12.7 Å². The lowest BCUT2D eigenvalue weighted by Crippen LogP contribution is -2.37. The van der Waals surface area contributed by atoms with E-state index in [0.29, 0.717) is 12.1 Å². The van der Waals surface area contributed by atoms with Gasteiger partial charge in [0, 0.05) is 25.8 Å². The smallest absolute Gasteiger partial charge is 0.0594 e. The Labute approximate surface area is 92.5 Å². The van der Waals surface area contributed by atoms with E-state index in [9.17, 15) is 0 Å². The average Bonchev–Trinajstić information content (AvgIpc) is 2.79. The Kier molecular flexibility index (Phi) is 4.90. The predicted molar refractivity (Wildman–Crippen MR) is 60.1 cm³/mol. The largest absolute Gasteiger partial charge is 0.381 e. The standard InChI is InChI=1S/C12H23NO2/c1-2-4-12(3-1)15-10-7-13-11-5-8-14-9-6-11/h11-13H,1-10H2. The van der Waals surface area contributed by atoms with Gasteiger partial charge in [-0.3, -0.25) is 0 Å². The Balaban J connectivity index is 1.47. The van der Waals surface area contributed by atoms with E-state index in [1.54, 1.807) is 0 Å². The van der Waals surface area contributed by atoms with Gasteiger partial charge in [-0.25, -0.2) is 0 Å². The lowest BCUT2D eigenvalue weighted by Gasteiger charge is -2.23. The van der Waals surface area contributed by atoms with E-state index in [4.69, 9.17) is 9.47 Å². The van der Waals surface area contributed by atoms with Crippen molar-refractivity contribution >= 4 is 0 Å². The van der Waals surface area contributed by atoms with Gasteiger partial charge >= 0.3 is 0 Å². The number of hydrogen-bond donors (Lipinski definition) is 1. The molecular weight excluding hydrogens is 190 g/mol. The molecule has 0 amide bonds. The Hall–Kier alpha value is -0.120. The number of nitrogens with one attached hydrogen (secondary N) is 1. The highest BCUT2D eigenvalue weighted by molar-refractivity contribution is 4.70. The van der Waals surface area contributed by atoms with Crippen LogP contribution in [0.1, 0.15) is 38.5 Å². The van der Waals surface area contributed by atoms with Gasteiger partial charge in [-0.2, -0.15) is 0 Å². The van der Waals surface area contributed by atoms with Gasteiger partial charge in [0.15, 0.2) is 0 Å². The van der Waals surface area contributed by atoms with E-state index >= 15 is 0 Å². The first-order valence-electron chi connectivity index (χ1n) is 6.38. The van der Waals surface area contributed by atoms with Gasteiger partial charge in [-0.1, -0.05) is 12.8 Å². The Morgan fingerprint density at radius 1 is 1.07 bits per heavy atom. The monoisotopic (exact) mass is 213 g/mol. The number of ether oxygens (including phenoxy) is 2. The van der Waals surface area contributed by atoms with Crippen LogP contribution in [0.2, 0.25) is 0 Å². The van der Waals surface area contributed by atoms with Crippen molar-refractivity contribution < 1.29 is 9.47 Å². The molecule has 1 aliphatic carbocycles. The summed E-state index contributed by atoms with van der Waals surface area (Å²) in [5.74, 6) is 0. The second kappa shape index (κ2) is 6.46. The maximum Gasteiger partial charge on any atom is 0.0594 e. The van der Waals surface area contributed by atoms with Crippen LogP contribution in [0.5, 0.6) is 0 Å².